The number of halogens is 2. The summed E-state index contributed by atoms with van der Waals surface area (Å²) in [6, 6.07) is 3.47. The number of carboxylic acids is 1. The fraction of sp³-hybridized carbons (Fsp3) is 0.462. The molecule has 0 radical (unpaired) electrons. The molecule has 1 N–H and O–H groups in total. The van der Waals surface area contributed by atoms with E-state index in [1.807, 2.05) is 0 Å². The predicted octanol–water partition coefficient (Wildman–Crippen LogP) is 3.65. The van der Waals surface area contributed by atoms with Crippen LogP contribution in [0.5, 0.6) is 11.5 Å². The molecule has 4 nitrogen and oxygen atoms in total. The summed E-state index contributed by atoms with van der Waals surface area (Å²) < 4.78 is 11.1. The molecular weight excluding hydrogens is 291 g/mol. The van der Waals surface area contributed by atoms with Crippen molar-refractivity contribution in [3.8, 4) is 11.5 Å². The number of fused-ring (bicyclic) bond motifs is 1. The summed E-state index contributed by atoms with van der Waals surface area (Å²) in [6.45, 7) is 1.13. The summed E-state index contributed by atoms with van der Waals surface area (Å²) in [7, 11) is 0. The molecule has 1 atom stereocenters. The van der Waals surface area contributed by atoms with Crippen LogP contribution in [0.3, 0.4) is 0 Å². The number of hydrogen-bond donors (Lipinski definition) is 1. The molecule has 0 amide bonds. The van der Waals surface area contributed by atoms with Crippen LogP contribution in [-0.4, -0.2) is 24.3 Å². The van der Waals surface area contributed by atoms with Crippen LogP contribution in [0.15, 0.2) is 12.1 Å². The fourth-order valence-electron chi connectivity index (χ4n) is 1.85. The van der Waals surface area contributed by atoms with Gasteiger partial charge in [0.1, 0.15) is 0 Å². The van der Waals surface area contributed by atoms with E-state index in [0.717, 1.165) is 12.0 Å². The third-order valence-electron chi connectivity index (χ3n) is 2.80. The number of benzene rings is 1. The van der Waals surface area contributed by atoms with Crippen molar-refractivity contribution in [3.63, 3.8) is 0 Å². The first-order valence-electron chi connectivity index (χ1n) is 6.03. The first-order chi connectivity index (χ1) is 9.08. The summed E-state index contributed by atoms with van der Waals surface area (Å²) in [5, 5.41) is 8.69. The molecule has 1 aliphatic heterocycles. The number of carboxylic acid groups (broad SMARTS) is 1. The lowest BCUT2D eigenvalue weighted by atomic mass is 10.1. The maximum absolute atomic E-state index is 10.6. The monoisotopic (exact) mass is 304 g/mol. The second kappa shape index (κ2) is 6.35. The zero-order chi connectivity index (χ0) is 13.8. The maximum atomic E-state index is 10.6. The van der Waals surface area contributed by atoms with Gasteiger partial charge < -0.3 is 14.6 Å². The summed E-state index contributed by atoms with van der Waals surface area (Å²) in [6.07, 6.45) is 1.15. The minimum absolute atomic E-state index is 0.0141. The SMILES string of the molecule is O=C(O)CCC(Cl)c1cc(Cl)c2c(c1)OCCCO2. The van der Waals surface area contributed by atoms with Gasteiger partial charge in [-0.15, -0.1) is 11.6 Å². The highest BCUT2D eigenvalue weighted by atomic mass is 35.5. The molecule has 1 aromatic carbocycles. The van der Waals surface area contributed by atoms with Crippen LogP contribution in [0.4, 0.5) is 0 Å². The van der Waals surface area contributed by atoms with Gasteiger partial charge in [0.25, 0.3) is 0 Å². The molecule has 0 saturated heterocycles. The predicted molar refractivity (Wildman–Crippen MR) is 72.5 cm³/mol. The number of rotatable bonds is 4. The Morgan fingerprint density at radius 3 is 2.84 bits per heavy atom. The molecule has 0 aromatic heterocycles. The van der Waals surface area contributed by atoms with Crippen molar-refractivity contribution in [1.29, 1.82) is 0 Å². The van der Waals surface area contributed by atoms with Gasteiger partial charge in [0, 0.05) is 12.8 Å². The second-order valence-corrected chi connectivity index (χ2v) is 5.21. The fourth-order valence-corrected chi connectivity index (χ4v) is 2.36. The Kier molecular flexibility index (Phi) is 4.77. The lowest BCUT2D eigenvalue weighted by Crippen LogP contribution is -2.00. The van der Waals surface area contributed by atoms with E-state index in [4.69, 9.17) is 37.8 Å². The lowest BCUT2D eigenvalue weighted by Gasteiger charge is -2.14. The van der Waals surface area contributed by atoms with Gasteiger partial charge in [-0.25, -0.2) is 0 Å². The molecule has 104 valence electrons. The molecule has 1 unspecified atom stereocenters. The van der Waals surface area contributed by atoms with E-state index in [1.165, 1.54) is 0 Å². The lowest BCUT2D eigenvalue weighted by molar-refractivity contribution is -0.137. The number of aliphatic carboxylic acids is 1. The minimum atomic E-state index is -0.869. The van der Waals surface area contributed by atoms with Crippen LogP contribution in [0.1, 0.15) is 30.2 Å². The third-order valence-corrected chi connectivity index (χ3v) is 3.55. The number of carbonyl (C=O) groups is 1. The van der Waals surface area contributed by atoms with E-state index >= 15 is 0 Å². The molecule has 6 heteroatoms. The van der Waals surface area contributed by atoms with Crippen molar-refractivity contribution in [2.45, 2.75) is 24.6 Å². The molecular formula is C13H14Cl2O4. The van der Waals surface area contributed by atoms with Gasteiger partial charge in [0.15, 0.2) is 11.5 Å². The zero-order valence-electron chi connectivity index (χ0n) is 10.2. The van der Waals surface area contributed by atoms with Crippen LogP contribution in [0, 0.1) is 0 Å². The van der Waals surface area contributed by atoms with Gasteiger partial charge in [-0.3, -0.25) is 4.79 Å². The van der Waals surface area contributed by atoms with Crippen LogP contribution < -0.4 is 9.47 Å². The second-order valence-electron chi connectivity index (χ2n) is 4.28. The van der Waals surface area contributed by atoms with Crippen LogP contribution >= 0.6 is 23.2 Å². The number of alkyl halides is 1. The average Bonchev–Trinajstić information content (AvgIpc) is 2.61. The van der Waals surface area contributed by atoms with Crippen molar-refractivity contribution in [2.24, 2.45) is 0 Å². The summed E-state index contributed by atoms with van der Waals surface area (Å²) >= 11 is 12.3. The summed E-state index contributed by atoms with van der Waals surface area (Å²) in [5.41, 5.74) is 0.747. The third kappa shape index (κ3) is 3.67. The standard InChI is InChI=1S/C13H14Cl2O4/c14-9(2-3-12(16)17)8-6-10(15)13-11(7-8)18-4-1-5-19-13/h6-7,9H,1-5H2,(H,16,17). The number of ether oxygens (including phenoxy) is 2. The highest BCUT2D eigenvalue weighted by Crippen LogP contribution is 2.41. The van der Waals surface area contributed by atoms with Crippen molar-refractivity contribution in [1.82, 2.24) is 0 Å². The molecule has 1 aliphatic rings. The highest BCUT2D eigenvalue weighted by molar-refractivity contribution is 6.32. The molecule has 0 bridgehead atoms. The van der Waals surface area contributed by atoms with E-state index in [9.17, 15) is 4.79 Å². The summed E-state index contributed by atoms with van der Waals surface area (Å²) in [5.74, 6) is 0.233. The molecule has 0 saturated carbocycles. The Hall–Kier alpha value is -1.13. The largest absolute Gasteiger partial charge is 0.489 e. The van der Waals surface area contributed by atoms with E-state index in [1.54, 1.807) is 12.1 Å². The van der Waals surface area contributed by atoms with Crippen molar-refractivity contribution < 1.29 is 19.4 Å². The normalized spacial score (nSPS) is 15.7. The van der Waals surface area contributed by atoms with Crippen molar-refractivity contribution in [3.05, 3.63) is 22.7 Å². The minimum Gasteiger partial charge on any atom is -0.489 e. The van der Waals surface area contributed by atoms with Crippen molar-refractivity contribution >= 4 is 29.2 Å². The first-order valence-corrected chi connectivity index (χ1v) is 6.84. The molecule has 1 heterocycles. The highest BCUT2D eigenvalue weighted by Gasteiger charge is 2.19. The van der Waals surface area contributed by atoms with Crippen LogP contribution in [-0.2, 0) is 4.79 Å². The maximum Gasteiger partial charge on any atom is 0.303 e. The molecule has 2 rings (SSSR count). The first kappa shape index (κ1) is 14.3. The Bertz CT molecular complexity index is 476. The van der Waals surface area contributed by atoms with Crippen LogP contribution in [0.2, 0.25) is 5.02 Å². The molecule has 0 spiro atoms. The Morgan fingerprint density at radius 1 is 1.37 bits per heavy atom. The molecule has 0 aliphatic carbocycles. The van der Waals surface area contributed by atoms with Gasteiger partial charge in [0.2, 0.25) is 0 Å². The number of hydrogen-bond acceptors (Lipinski definition) is 3. The van der Waals surface area contributed by atoms with Gasteiger partial charge in [-0.05, 0) is 24.1 Å². The van der Waals surface area contributed by atoms with E-state index in [0.29, 0.717) is 36.2 Å². The van der Waals surface area contributed by atoms with Crippen molar-refractivity contribution in [2.75, 3.05) is 13.2 Å². The Balaban J connectivity index is 2.20. The smallest absolute Gasteiger partial charge is 0.303 e. The van der Waals surface area contributed by atoms with E-state index < -0.39 is 11.3 Å². The van der Waals surface area contributed by atoms with E-state index in [-0.39, 0.29) is 6.42 Å². The van der Waals surface area contributed by atoms with Gasteiger partial charge in [-0.2, -0.15) is 0 Å². The van der Waals surface area contributed by atoms with E-state index in [2.05, 4.69) is 0 Å². The van der Waals surface area contributed by atoms with Crippen LogP contribution in [0.25, 0.3) is 0 Å². The quantitative estimate of drug-likeness (QED) is 0.863. The Labute approximate surface area is 121 Å². The topological polar surface area (TPSA) is 55.8 Å². The zero-order valence-corrected chi connectivity index (χ0v) is 11.7. The van der Waals surface area contributed by atoms with Gasteiger partial charge >= 0.3 is 5.97 Å². The molecule has 19 heavy (non-hydrogen) atoms. The van der Waals surface area contributed by atoms with Gasteiger partial charge in [0.05, 0.1) is 23.6 Å². The molecule has 0 fully saturated rings. The Morgan fingerprint density at radius 2 is 2.11 bits per heavy atom. The van der Waals surface area contributed by atoms with Gasteiger partial charge in [-0.1, -0.05) is 11.6 Å². The summed E-state index contributed by atoms with van der Waals surface area (Å²) in [4.78, 5) is 10.6. The molecule has 1 aromatic rings. The average molecular weight is 305 g/mol.